The summed E-state index contributed by atoms with van der Waals surface area (Å²) in [5.74, 6) is -0.202. The first kappa shape index (κ1) is 13.1. The van der Waals surface area contributed by atoms with Gasteiger partial charge in [0.1, 0.15) is 5.75 Å². The topological polar surface area (TPSA) is 40.5 Å². The number of nitrogens with zero attached hydrogens (tertiary/aromatic N) is 1. The molecule has 0 bridgehead atoms. The predicted octanol–water partition coefficient (Wildman–Crippen LogP) is 3.29. The highest BCUT2D eigenvalue weighted by Crippen LogP contribution is 2.24. The summed E-state index contributed by atoms with van der Waals surface area (Å²) in [7, 11) is 1.71. The molecule has 3 nitrogen and oxygen atoms in total. The van der Waals surface area contributed by atoms with E-state index >= 15 is 0 Å². The van der Waals surface area contributed by atoms with Crippen molar-refractivity contribution in [3.05, 3.63) is 59.2 Å². The van der Waals surface area contributed by atoms with Crippen molar-refractivity contribution < 1.29 is 9.90 Å². The van der Waals surface area contributed by atoms with E-state index in [-0.39, 0.29) is 11.7 Å². The lowest BCUT2D eigenvalue weighted by Gasteiger charge is -2.20. The number of anilines is 1. The Hall–Kier alpha value is -2.29. The van der Waals surface area contributed by atoms with Crippen LogP contribution in [0, 0.1) is 13.8 Å². The number of aryl methyl sites for hydroxylation is 2. The molecule has 1 amide bonds. The maximum absolute atomic E-state index is 12.4. The summed E-state index contributed by atoms with van der Waals surface area (Å²) >= 11 is 0. The largest absolute Gasteiger partial charge is 0.507 e. The van der Waals surface area contributed by atoms with Crippen molar-refractivity contribution in [1.29, 1.82) is 0 Å². The summed E-state index contributed by atoms with van der Waals surface area (Å²) in [5, 5.41) is 9.82. The lowest BCUT2D eigenvalue weighted by atomic mass is 10.1. The second-order valence-corrected chi connectivity index (χ2v) is 4.67. The van der Waals surface area contributed by atoms with Gasteiger partial charge < -0.3 is 10.0 Å². The highest BCUT2D eigenvalue weighted by atomic mass is 16.3. The minimum atomic E-state index is -0.212. The van der Waals surface area contributed by atoms with Gasteiger partial charge in [0, 0.05) is 12.7 Å². The fourth-order valence-corrected chi connectivity index (χ4v) is 2.05. The van der Waals surface area contributed by atoms with Crippen LogP contribution in [0.1, 0.15) is 21.5 Å². The molecule has 0 fully saturated rings. The number of aromatic hydroxyl groups is 1. The van der Waals surface area contributed by atoms with Crippen molar-refractivity contribution in [2.45, 2.75) is 13.8 Å². The van der Waals surface area contributed by atoms with Crippen molar-refractivity contribution >= 4 is 11.6 Å². The van der Waals surface area contributed by atoms with E-state index < -0.39 is 0 Å². The molecular formula is C16H17NO2. The third-order valence-electron chi connectivity index (χ3n) is 3.16. The number of carbonyl (C=O) groups excluding carboxylic acids is 1. The second-order valence-electron chi connectivity index (χ2n) is 4.67. The molecule has 0 aliphatic rings. The van der Waals surface area contributed by atoms with Gasteiger partial charge in [-0.2, -0.15) is 0 Å². The third-order valence-corrected chi connectivity index (χ3v) is 3.16. The maximum atomic E-state index is 12.4. The van der Waals surface area contributed by atoms with E-state index in [4.69, 9.17) is 0 Å². The zero-order valence-electron chi connectivity index (χ0n) is 11.3. The fraction of sp³-hybridized carbons (Fsp3) is 0.188. The molecule has 1 N–H and O–H groups in total. The standard InChI is InChI=1S/C16H17NO2/c1-11-8-9-15(18)13(10-11)16(19)17(3)14-7-5-4-6-12(14)2/h4-10,18H,1-3H3. The molecule has 2 rings (SSSR count). The lowest BCUT2D eigenvalue weighted by Crippen LogP contribution is -2.27. The van der Waals surface area contributed by atoms with Gasteiger partial charge in [-0.3, -0.25) is 4.79 Å². The molecule has 0 spiro atoms. The zero-order valence-corrected chi connectivity index (χ0v) is 11.3. The molecule has 0 unspecified atom stereocenters. The Bertz CT molecular complexity index is 620. The molecule has 19 heavy (non-hydrogen) atoms. The van der Waals surface area contributed by atoms with Gasteiger partial charge in [0.15, 0.2) is 0 Å². The molecular weight excluding hydrogens is 238 g/mol. The number of phenols is 1. The monoisotopic (exact) mass is 255 g/mol. The predicted molar refractivity (Wildman–Crippen MR) is 76.8 cm³/mol. The number of amides is 1. The quantitative estimate of drug-likeness (QED) is 0.894. The smallest absolute Gasteiger partial charge is 0.261 e. The second kappa shape index (κ2) is 5.14. The molecule has 0 heterocycles. The molecule has 2 aromatic rings. The molecule has 0 saturated heterocycles. The van der Waals surface area contributed by atoms with Gasteiger partial charge in [0.05, 0.1) is 5.56 Å². The average Bonchev–Trinajstić information content (AvgIpc) is 2.40. The number of rotatable bonds is 2. The minimum Gasteiger partial charge on any atom is -0.507 e. The Morgan fingerprint density at radius 1 is 1.11 bits per heavy atom. The van der Waals surface area contributed by atoms with E-state index in [0.29, 0.717) is 5.56 Å². The minimum absolute atomic E-state index is 0.0102. The first-order chi connectivity index (χ1) is 9.00. The summed E-state index contributed by atoms with van der Waals surface area (Å²) in [4.78, 5) is 14.0. The van der Waals surface area contributed by atoms with Crippen LogP contribution in [0.4, 0.5) is 5.69 Å². The first-order valence-corrected chi connectivity index (χ1v) is 6.14. The first-order valence-electron chi connectivity index (χ1n) is 6.14. The number of benzene rings is 2. The Morgan fingerprint density at radius 2 is 1.79 bits per heavy atom. The number of phenolic OH excluding ortho intramolecular Hbond substituents is 1. The van der Waals surface area contributed by atoms with E-state index in [1.807, 2.05) is 38.1 Å². The summed E-state index contributed by atoms with van der Waals surface area (Å²) < 4.78 is 0. The Labute approximate surface area is 113 Å². The Kier molecular flexibility index (Phi) is 3.56. The van der Waals surface area contributed by atoms with Crippen LogP contribution in [0.2, 0.25) is 0 Å². The van der Waals surface area contributed by atoms with Gasteiger partial charge in [-0.1, -0.05) is 29.8 Å². The number of hydrogen-bond donors (Lipinski definition) is 1. The summed E-state index contributed by atoms with van der Waals surface area (Å²) in [6.07, 6.45) is 0. The van der Waals surface area contributed by atoms with Crippen LogP contribution >= 0.6 is 0 Å². The van der Waals surface area contributed by atoms with E-state index in [9.17, 15) is 9.90 Å². The van der Waals surface area contributed by atoms with Crippen LogP contribution in [0.15, 0.2) is 42.5 Å². The molecule has 2 aromatic carbocycles. The van der Waals surface area contributed by atoms with Crippen molar-refractivity contribution in [1.82, 2.24) is 0 Å². The highest BCUT2D eigenvalue weighted by Gasteiger charge is 2.18. The van der Waals surface area contributed by atoms with Crippen molar-refractivity contribution in [2.24, 2.45) is 0 Å². The van der Waals surface area contributed by atoms with Crippen LogP contribution < -0.4 is 4.90 Å². The zero-order chi connectivity index (χ0) is 14.0. The summed E-state index contributed by atoms with van der Waals surface area (Å²) in [5.41, 5.74) is 3.13. The molecule has 0 atom stereocenters. The van der Waals surface area contributed by atoms with Crippen molar-refractivity contribution in [2.75, 3.05) is 11.9 Å². The van der Waals surface area contributed by atoms with E-state index in [0.717, 1.165) is 16.8 Å². The van der Waals surface area contributed by atoms with Crippen molar-refractivity contribution in [3.8, 4) is 5.75 Å². The number of para-hydroxylation sites is 1. The molecule has 3 heteroatoms. The molecule has 0 aliphatic heterocycles. The Morgan fingerprint density at radius 3 is 2.47 bits per heavy atom. The lowest BCUT2D eigenvalue weighted by molar-refractivity contribution is 0.0990. The van der Waals surface area contributed by atoms with Gasteiger partial charge in [0.25, 0.3) is 5.91 Å². The molecule has 98 valence electrons. The van der Waals surface area contributed by atoms with Crippen LogP contribution in [0.3, 0.4) is 0 Å². The number of hydrogen-bond acceptors (Lipinski definition) is 2. The fourth-order valence-electron chi connectivity index (χ4n) is 2.05. The van der Waals surface area contributed by atoms with Gasteiger partial charge in [-0.05, 0) is 37.6 Å². The van der Waals surface area contributed by atoms with Crippen LogP contribution in [-0.4, -0.2) is 18.1 Å². The van der Waals surface area contributed by atoms with Crippen LogP contribution in [0.25, 0.3) is 0 Å². The number of carbonyl (C=O) groups is 1. The SMILES string of the molecule is Cc1ccc(O)c(C(=O)N(C)c2ccccc2C)c1. The Balaban J connectivity index is 2.39. The summed E-state index contributed by atoms with van der Waals surface area (Å²) in [6.45, 7) is 3.85. The third kappa shape index (κ3) is 2.60. The van der Waals surface area contributed by atoms with Crippen molar-refractivity contribution in [3.63, 3.8) is 0 Å². The molecule has 0 aliphatic carbocycles. The van der Waals surface area contributed by atoms with Crippen LogP contribution in [-0.2, 0) is 0 Å². The van der Waals surface area contributed by atoms with Gasteiger partial charge >= 0.3 is 0 Å². The van der Waals surface area contributed by atoms with E-state index in [1.165, 1.54) is 0 Å². The van der Waals surface area contributed by atoms with Gasteiger partial charge in [-0.15, -0.1) is 0 Å². The highest BCUT2D eigenvalue weighted by molar-refractivity contribution is 6.07. The molecule has 0 saturated carbocycles. The van der Waals surface area contributed by atoms with Gasteiger partial charge in [-0.25, -0.2) is 0 Å². The van der Waals surface area contributed by atoms with Gasteiger partial charge in [0.2, 0.25) is 0 Å². The van der Waals surface area contributed by atoms with Crippen LogP contribution in [0.5, 0.6) is 5.75 Å². The molecule has 0 aromatic heterocycles. The maximum Gasteiger partial charge on any atom is 0.261 e. The molecule has 0 radical (unpaired) electrons. The summed E-state index contributed by atoms with van der Waals surface area (Å²) in [6, 6.07) is 12.7. The van der Waals surface area contributed by atoms with E-state index in [2.05, 4.69) is 0 Å². The van der Waals surface area contributed by atoms with E-state index in [1.54, 1.807) is 30.1 Å². The average molecular weight is 255 g/mol. The normalized spacial score (nSPS) is 10.3.